The molecule has 1 atom stereocenters. The molecule has 22 heavy (non-hydrogen) atoms. The summed E-state index contributed by atoms with van der Waals surface area (Å²) in [5.41, 5.74) is 0.412. The Morgan fingerprint density at radius 3 is 2.95 bits per heavy atom. The van der Waals surface area contributed by atoms with Gasteiger partial charge in [-0.25, -0.2) is 0 Å². The van der Waals surface area contributed by atoms with Gasteiger partial charge in [0.05, 0.1) is 6.54 Å². The van der Waals surface area contributed by atoms with Crippen LogP contribution in [0.15, 0.2) is 18.2 Å². The summed E-state index contributed by atoms with van der Waals surface area (Å²) in [5.74, 6) is 0.316. The van der Waals surface area contributed by atoms with Crippen LogP contribution in [0, 0.1) is 5.92 Å². The molecule has 1 saturated heterocycles. The number of halogens is 2. The van der Waals surface area contributed by atoms with Crippen molar-refractivity contribution in [2.75, 3.05) is 25.0 Å². The van der Waals surface area contributed by atoms with Gasteiger partial charge < -0.3 is 14.8 Å². The third-order valence-corrected chi connectivity index (χ3v) is 3.79. The van der Waals surface area contributed by atoms with Crippen molar-refractivity contribution >= 4 is 11.6 Å². The molecule has 120 valence electrons. The fraction of sp³-hybridized carbons (Fsp3) is 0.533. The van der Waals surface area contributed by atoms with E-state index in [0.29, 0.717) is 18.2 Å². The summed E-state index contributed by atoms with van der Waals surface area (Å²) in [6.45, 7) is 4.28. The molecule has 2 aliphatic rings. The number of hydrogen-bond donors (Lipinski definition) is 1. The molecule has 0 radical (unpaired) electrons. The van der Waals surface area contributed by atoms with E-state index in [2.05, 4.69) is 26.6 Å². The van der Waals surface area contributed by atoms with Crippen LogP contribution >= 0.6 is 0 Å². The summed E-state index contributed by atoms with van der Waals surface area (Å²) < 4.78 is 34.6. The number of carbonyl (C=O) groups excluding carboxylic acids is 1. The Balaban J connectivity index is 1.58. The standard InChI is InChI=1S/C15H18F2N2O3/c1-10-3-2-6-19(8-10)9-14(20)18-11-4-5-12-13(7-11)22-15(16,17)21-12/h4-5,7,10H,2-3,6,8-9H2,1H3,(H,18,20)/t10-/m0/s1. The lowest BCUT2D eigenvalue weighted by Gasteiger charge is -2.30. The minimum Gasteiger partial charge on any atom is -0.395 e. The highest BCUT2D eigenvalue weighted by Crippen LogP contribution is 2.42. The molecule has 3 rings (SSSR count). The second-order valence-electron chi connectivity index (χ2n) is 5.86. The number of likely N-dealkylation sites (tertiary alicyclic amines) is 1. The van der Waals surface area contributed by atoms with Crippen LogP contribution in [0.3, 0.4) is 0 Å². The highest BCUT2D eigenvalue weighted by molar-refractivity contribution is 5.92. The number of ether oxygens (including phenoxy) is 2. The molecule has 5 nitrogen and oxygen atoms in total. The van der Waals surface area contributed by atoms with Gasteiger partial charge in [-0.3, -0.25) is 9.69 Å². The van der Waals surface area contributed by atoms with Crippen LogP contribution in [-0.4, -0.2) is 36.7 Å². The van der Waals surface area contributed by atoms with Gasteiger partial charge in [0.1, 0.15) is 0 Å². The zero-order chi connectivity index (χ0) is 15.7. The maximum absolute atomic E-state index is 12.9. The van der Waals surface area contributed by atoms with Crippen LogP contribution < -0.4 is 14.8 Å². The van der Waals surface area contributed by atoms with E-state index in [0.717, 1.165) is 19.5 Å². The van der Waals surface area contributed by atoms with Crippen molar-refractivity contribution in [2.45, 2.75) is 26.1 Å². The molecule has 0 aliphatic carbocycles. The van der Waals surface area contributed by atoms with E-state index in [4.69, 9.17) is 0 Å². The van der Waals surface area contributed by atoms with E-state index in [1.165, 1.54) is 24.6 Å². The normalized spacial score (nSPS) is 23.3. The van der Waals surface area contributed by atoms with Crippen molar-refractivity contribution in [3.8, 4) is 11.5 Å². The Labute approximate surface area is 127 Å². The molecule has 1 aromatic rings. The molecule has 2 aliphatic heterocycles. The molecule has 1 fully saturated rings. The molecule has 0 aromatic heterocycles. The number of nitrogens with zero attached hydrogens (tertiary/aromatic N) is 1. The summed E-state index contributed by atoms with van der Waals surface area (Å²) in [4.78, 5) is 14.1. The van der Waals surface area contributed by atoms with Gasteiger partial charge in [0, 0.05) is 18.3 Å². The summed E-state index contributed by atoms with van der Waals surface area (Å²) in [6, 6.07) is 4.21. The number of amides is 1. The van der Waals surface area contributed by atoms with Gasteiger partial charge in [-0.1, -0.05) is 6.92 Å². The topological polar surface area (TPSA) is 50.8 Å². The monoisotopic (exact) mass is 312 g/mol. The zero-order valence-electron chi connectivity index (χ0n) is 12.3. The third kappa shape index (κ3) is 3.47. The first-order chi connectivity index (χ1) is 10.4. The van der Waals surface area contributed by atoms with Crippen LogP contribution in [0.5, 0.6) is 11.5 Å². The molecule has 0 saturated carbocycles. The van der Waals surface area contributed by atoms with Gasteiger partial charge in [-0.05, 0) is 37.4 Å². The second kappa shape index (κ2) is 5.72. The molecule has 0 bridgehead atoms. The van der Waals surface area contributed by atoms with Crippen molar-refractivity contribution in [1.82, 2.24) is 4.90 Å². The quantitative estimate of drug-likeness (QED) is 0.932. The zero-order valence-corrected chi connectivity index (χ0v) is 12.3. The van der Waals surface area contributed by atoms with Crippen molar-refractivity contribution in [1.29, 1.82) is 0 Å². The summed E-state index contributed by atoms with van der Waals surface area (Å²) >= 11 is 0. The number of carbonyl (C=O) groups is 1. The van der Waals surface area contributed by atoms with Crippen LogP contribution in [0.2, 0.25) is 0 Å². The Morgan fingerprint density at radius 2 is 2.18 bits per heavy atom. The van der Waals surface area contributed by atoms with Crippen LogP contribution in [0.4, 0.5) is 14.5 Å². The molecule has 2 heterocycles. The van der Waals surface area contributed by atoms with Crippen molar-refractivity contribution in [3.63, 3.8) is 0 Å². The number of alkyl halides is 2. The van der Waals surface area contributed by atoms with Crippen molar-refractivity contribution in [3.05, 3.63) is 18.2 Å². The highest BCUT2D eigenvalue weighted by atomic mass is 19.3. The van der Waals surface area contributed by atoms with Crippen LogP contribution in [0.25, 0.3) is 0 Å². The van der Waals surface area contributed by atoms with E-state index >= 15 is 0 Å². The third-order valence-electron chi connectivity index (χ3n) is 3.79. The lowest BCUT2D eigenvalue weighted by Crippen LogP contribution is -2.39. The molecular formula is C15H18F2N2O3. The number of piperidine rings is 1. The van der Waals surface area contributed by atoms with Crippen molar-refractivity contribution < 1.29 is 23.0 Å². The Morgan fingerprint density at radius 1 is 1.41 bits per heavy atom. The highest BCUT2D eigenvalue weighted by Gasteiger charge is 2.43. The molecular weight excluding hydrogens is 294 g/mol. The molecule has 0 spiro atoms. The summed E-state index contributed by atoms with van der Waals surface area (Å²) in [5, 5.41) is 2.70. The van der Waals surface area contributed by atoms with E-state index in [9.17, 15) is 13.6 Å². The first-order valence-corrected chi connectivity index (χ1v) is 7.33. The fourth-order valence-electron chi connectivity index (χ4n) is 2.86. The molecule has 1 amide bonds. The first-order valence-electron chi connectivity index (χ1n) is 7.33. The molecule has 1 N–H and O–H groups in total. The minimum atomic E-state index is -3.64. The smallest absolute Gasteiger partial charge is 0.395 e. The lowest BCUT2D eigenvalue weighted by atomic mass is 10.0. The SMILES string of the molecule is C[C@H]1CCCN(CC(=O)Nc2ccc3c(c2)OC(F)(F)O3)C1. The van der Waals surface area contributed by atoms with Gasteiger partial charge >= 0.3 is 6.29 Å². The van der Waals surface area contributed by atoms with E-state index < -0.39 is 6.29 Å². The predicted molar refractivity (Wildman–Crippen MR) is 76.1 cm³/mol. The number of nitrogens with one attached hydrogen (secondary N) is 1. The molecule has 0 unspecified atom stereocenters. The summed E-state index contributed by atoms with van der Waals surface area (Å²) in [6.07, 6.45) is -1.36. The van der Waals surface area contributed by atoms with Gasteiger partial charge in [0.15, 0.2) is 11.5 Å². The first kappa shape index (κ1) is 15.0. The van der Waals surface area contributed by atoms with Gasteiger partial charge in [0.25, 0.3) is 0 Å². The largest absolute Gasteiger partial charge is 0.586 e. The second-order valence-corrected chi connectivity index (χ2v) is 5.86. The Hall–Kier alpha value is -1.89. The van der Waals surface area contributed by atoms with Crippen LogP contribution in [-0.2, 0) is 4.79 Å². The van der Waals surface area contributed by atoms with Gasteiger partial charge in [-0.2, -0.15) is 0 Å². The predicted octanol–water partition coefficient (Wildman–Crippen LogP) is 2.68. The summed E-state index contributed by atoms with van der Waals surface area (Å²) in [7, 11) is 0. The average Bonchev–Trinajstić information content (AvgIpc) is 2.71. The average molecular weight is 312 g/mol. The minimum absolute atomic E-state index is 0.0344. The molecule has 7 heteroatoms. The number of rotatable bonds is 3. The maximum atomic E-state index is 12.9. The van der Waals surface area contributed by atoms with Gasteiger partial charge in [0.2, 0.25) is 5.91 Å². The van der Waals surface area contributed by atoms with Crippen molar-refractivity contribution in [2.24, 2.45) is 5.92 Å². The number of fused-ring (bicyclic) bond motifs is 1. The number of benzene rings is 1. The maximum Gasteiger partial charge on any atom is 0.586 e. The van der Waals surface area contributed by atoms with Gasteiger partial charge in [-0.15, -0.1) is 8.78 Å². The van der Waals surface area contributed by atoms with E-state index in [1.807, 2.05) is 0 Å². The van der Waals surface area contributed by atoms with E-state index in [-0.39, 0.29) is 17.4 Å². The Bertz CT molecular complexity index is 580. The lowest BCUT2D eigenvalue weighted by molar-refractivity contribution is -0.286. The number of hydrogen-bond acceptors (Lipinski definition) is 4. The fourth-order valence-corrected chi connectivity index (χ4v) is 2.86. The van der Waals surface area contributed by atoms with E-state index in [1.54, 1.807) is 0 Å². The Kier molecular flexibility index (Phi) is 3.90. The molecule has 1 aromatic carbocycles. The number of anilines is 1. The van der Waals surface area contributed by atoms with Crippen LogP contribution in [0.1, 0.15) is 19.8 Å².